The highest BCUT2D eigenvalue weighted by molar-refractivity contribution is 6.40. The van der Waals surface area contributed by atoms with Gasteiger partial charge in [0.15, 0.2) is 5.76 Å². The van der Waals surface area contributed by atoms with Crippen LogP contribution in [0, 0.1) is 0 Å². The molecular formula is C21H21N3O8. The Balaban J connectivity index is 1.68. The maximum Gasteiger partial charge on any atom is 0.339 e. The van der Waals surface area contributed by atoms with Gasteiger partial charge in [0.05, 0.1) is 37.3 Å². The van der Waals surface area contributed by atoms with Gasteiger partial charge in [0.1, 0.15) is 0 Å². The van der Waals surface area contributed by atoms with Crippen LogP contribution >= 0.6 is 0 Å². The molecule has 168 valence electrons. The number of esters is 2. The van der Waals surface area contributed by atoms with Crippen molar-refractivity contribution < 1.29 is 37.9 Å². The zero-order valence-electron chi connectivity index (χ0n) is 17.5. The number of hydrogen-bond donors (Lipinski definition) is 1. The van der Waals surface area contributed by atoms with Crippen molar-refractivity contribution in [1.82, 2.24) is 9.80 Å². The van der Waals surface area contributed by atoms with Gasteiger partial charge >= 0.3 is 23.8 Å². The third-order valence-electron chi connectivity index (χ3n) is 4.87. The summed E-state index contributed by atoms with van der Waals surface area (Å²) in [5.41, 5.74) is -0.0205. The van der Waals surface area contributed by atoms with E-state index in [4.69, 9.17) is 4.42 Å². The molecule has 2 heterocycles. The third kappa shape index (κ3) is 4.77. The molecule has 0 atom stereocenters. The van der Waals surface area contributed by atoms with Crippen molar-refractivity contribution in [2.75, 3.05) is 45.7 Å². The van der Waals surface area contributed by atoms with Gasteiger partial charge in [-0.15, -0.1) is 0 Å². The first kappa shape index (κ1) is 22.5. The fourth-order valence-corrected chi connectivity index (χ4v) is 3.17. The first-order valence-electron chi connectivity index (χ1n) is 9.59. The van der Waals surface area contributed by atoms with Crippen LogP contribution in [0.4, 0.5) is 5.69 Å². The van der Waals surface area contributed by atoms with Crippen LogP contribution in [0.5, 0.6) is 0 Å². The average molecular weight is 443 g/mol. The number of hydrogen-bond acceptors (Lipinski definition) is 8. The number of nitrogens with one attached hydrogen (secondary N) is 1. The van der Waals surface area contributed by atoms with Gasteiger partial charge in [0.2, 0.25) is 0 Å². The summed E-state index contributed by atoms with van der Waals surface area (Å²) in [4.78, 5) is 64.1. The minimum Gasteiger partial charge on any atom is -0.465 e. The average Bonchev–Trinajstić information content (AvgIpc) is 3.37. The second kappa shape index (κ2) is 9.77. The Kier molecular flexibility index (Phi) is 6.88. The van der Waals surface area contributed by atoms with Gasteiger partial charge in [-0.3, -0.25) is 14.4 Å². The predicted octanol–water partition coefficient (Wildman–Crippen LogP) is 0.776. The van der Waals surface area contributed by atoms with Crippen LogP contribution < -0.4 is 5.32 Å². The lowest BCUT2D eigenvalue weighted by Crippen LogP contribution is -2.53. The van der Waals surface area contributed by atoms with Crippen LogP contribution in [0.3, 0.4) is 0 Å². The standard InChI is InChI=1S/C21H21N3O8/c1-30-20(28)13-5-6-14(21(29)31-2)15(12-13)22-17(25)19(27)24-9-7-23(8-10-24)18(26)16-4-3-11-32-16/h3-6,11-12H,7-10H2,1-2H3,(H,22,25). The number of piperazine rings is 1. The van der Waals surface area contributed by atoms with E-state index in [-0.39, 0.29) is 54.7 Å². The van der Waals surface area contributed by atoms with Crippen molar-refractivity contribution in [3.05, 3.63) is 53.5 Å². The number of anilines is 1. The topological polar surface area (TPSA) is 135 Å². The van der Waals surface area contributed by atoms with Gasteiger partial charge in [-0.25, -0.2) is 9.59 Å². The van der Waals surface area contributed by atoms with Gasteiger partial charge in [-0.2, -0.15) is 0 Å². The molecule has 1 aliphatic heterocycles. The minimum atomic E-state index is -0.997. The number of methoxy groups -OCH3 is 2. The Bertz CT molecular complexity index is 1040. The van der Waals surface area contributed by atoms with E-state index in [9.17, 15) is 24.0 Å². The normalized spacial score (nSPS) is 13.3. The van der Waals surface area contributed by atoms with Gasteiger partial charge in [-0.05, 0) is 30.3 Å². The van der Waals surface area contributed by atoms with Crippen molar-refractivity contribution in [3.8, 4) is 0 Å². The molecule has 1 fully saturated rings. The van der Waals surface area contributed by atoms with E-state index < -0.39 is 23.8 Å². The Hall–Kier alpha value is -4.15. The van der Waals surface area contributed by atoms with Crippen LogP contribution in [0.25, 0.3) is 0 Å². The van der Waals surface area contributed by atoms with E-state index in [2.05, 4.69) is 14.8 Å². The lowest BCUT2D eigenvalue weighted by molar-refractivity contribution is -0.144. The molecular weight excluding hydrogens is 422 g/mol. The maximum atomic E-state index is 12.6. The number of benzene rings is 1. The van der Waals surface area contributed by atoms with Crippen molar-refractivity contribution in [2.45, 2.75) is 0 Å². The van der Waals surface area contributed by atoms with E-state index in [1.165, 1.54) is 41.4 Å². The fraction of sp³-hybridized carbons (Fsp3) is 0.286. The monoisotopic (exact) mass is 443 g/mol. The number of nitrogens with zero attached hydrogens (tertiary/aromatic N) is 2. The first-order chi connectivity index (χ1) is 15.3. The highest BCUT2D eigenvalue weighted by atomic mass is 16.5. The molecule has 0 saturated carbocycles. The lowest BCUT2D eigenvalue weighted by Gasteiger charge is -2.33. The largest absolute Gasteiger partial charge is 0.465 e. The second-order valence-electron chi connectivity index (χ2n) is 6.76. The molecule has 1 aromatic heterocycles. The maximum absolute atomic E-state index is 12.6. The summed E-state index contributed by atoms with van der Waals surface area (Å²) in [5, 5.41) is 2.36. The van der Waals surface area contributed by atoms with Crippen molar-refractivity contribution in [2.24, 2.45) is 0 Å². The van der Waals surface area contributed by atoms with E-state index in [0.29, 0.717) is 0 Å². The van der Waals surface area contributed by atoms with E-state index in [1.54, 1.807) is 12.1 Å². The van der Waals surface area contributed by atoms with Crippen molar-refractivity contribution in [1.29, 1.82) is 0 Å². The molecule has 1 aromatic carbocycles. The number of rotatable bonds is 4. The molecule has 1 N–H and O–H groups in total. The zero-order chi connectivity index (χ0) is 23.3. The summed E-state index contributed by atoms with van der Waals surface area (Å²) in [6, 6.07) is 7.01. The molecule has 0 aliphatic carbocycles. The summed E-state index contributed by atoms with van der Waals surface area (Å²) >= 11 is 0. The van der Waals surface area contributed by atoms with Crippen LogP contribution in [0.15, 0.2) is 41.0 Å². The number of ether oxygens (including phenoxy) is 2. The molecule has 3 rings (SSSR count). The smallest absolute Gasteiger partial charge is 0.339 e. The van der Waals surface area contributed by atoms with E-state index in [1.807, 2.05) is 0 Å². The molecule has 0 bridgehead atoms. The lowest BCUT2D eigenvalue weighted by atomic mass is 10.1. The summed E-state index contributed by atoms with van der Waals surface area (Å²) < 4.78 is 14.4. The molecule has 3 amide bonds. The molecule has 0 spiro atoms. The molecule has 32 heavy (non-hydrogen) atoms. The highest BCUT2D eigenvalue weighted by Crippen LogP contribution is 2.20. The molecule has 2 aromatic rings. The number of amides is 3. The highest BCUT2D eigenvalue weighted by Gasteiger charge is 2.30. The molecule has 0 unspecified atom stereocenters. The Morgan fingerprint density at radius 3 is 2.16 bits per heavy atom. The molecule has 11 nitrogen and oxygen atoms in total. The van der Waals surface area contributed by atoms with E-state index in [0.717, 1.165) is 7.11 Å². The van der Waals surface area contributed by atoms with Crippen molar-refractivity contribution >= 4 is 35.3 Å². The zero-order valence-corrected chi connectivity index (χ0v) is 17.5. The molecule has 1 saturated heterocycles. The molecule has 11 heteroatoms. The quantitative estimate of drug-likeness (QED) is 0.541. The number of furan rings is 1. The van der Waals surface area contributed by atoms with Crippen LogP contribution in [-0.4, -0.2) is 79.9 Å². The third-order valence-corrected chi connectivity index (χ3v) is 4.87. The van der Waals surface area contributed by atoms with Crippen LogP contribution in [-0.2, 0) is 19.1 Å². The van der Waals surface area contributed by atoms with Gasteiger partial charge in [-0.1, -0.05) is 0 Å². The van der Waals surface area contributed by atoms with Gasteiger partial charge in [0, 0.05) is 26.2 Å². The fourth-order valence-electron chi connectivity index (χ4n) is 3.17. The second-order valence-corrected chi connectivity index (χ2v) is 6.76. The van der Waals surface area contributed by atoms with Gasteiger partial charge in [0.25, 0.3) is 5.91 Å². The summed E-state index contributed by atoms with van der Waals surface area (Å²) in [5.74, 6) is -3.37. The Labute approximate surface area is 182 Å². The SMILES string of the molecule is COC(=O)c1ccc(C(=O)OC)c(NC(=O)C(=O)N2CCN(C(=O)c3ccco3)CC2)c1. The predicted molar refractivity (Wildman–Crippen MR) is 109 cm³/mol. The minimum absolute atomic E-state index is 0.0323. The summed E-state index contributed by atoms with van der Waals surface area (Å²) in [7, 11) is 2.35. The first-order valence-corrected chi connectivity index (χ1v) is 9.59. The van der Waals surface area contributed by atoms with Crippen LogP contribution in [0.2, 0.25) is 0 Å². The Morgan fingerprint density at radius 2 is 1.56 bits per heavy atom. The summed E-state index contributed by atoms with van der Waals surface area (Å²) in [6.07, 6.45) is 1.40. The summed E-state index contributed by atoms with van der Waals surface area (Å²) in [6.45, 7) is 0.739. The molecule has 1 aliphatic rings. The van der Waals surface area contributed by atoms with Crippen molar-refractivity contribution in [3.63, 3.8) is 0 Å². The van der Waals surface area contributed by atoms with Gasteiger partial charge < -0.3 is 29.0 Å². The number of carbonyl (C=O) groups excluding carboxylic acids is 5. The van der Waals surface area contributed by atoms with E-state index >= 15 is 0 Å². The number of carbonyl (C=O) groups is 5. The Morgan fingerprint density at radius 1 is 0.906 bits per heavy atom. The van der Waals surface area contributed by atoms with Crippen LogP contribution in [0.1, 0.15) is 31.3 Å². The molecule has 0 radical (unpaired) electrons.